The van der Waals surface area contributed by atoms with Crippen LogP contribution in [0.2, 0.25) is 0 Å². The molecule has 2 atom stereocenters. The van der Waals surface area contributed by atoms with E-state index in [1.807, 2.05) is 6.20 Å². The molecule has 1 aromatic heterocycles. The molecule has 2 rings (SSSR count). The van der Waals surface area contributed by atoms with Crippen LogP contribution in [-0.2, 0) is 6.54 Å². The Bertz CT molecular complexity index is 419. The lowest BCUT2D eigenvalue weighted by Crippen LogP contribution is -2.25. The topological polar surface area (TPSA) is 34.1 Å². The highest BCUT2D eigenvalue weighted by Crippen LogP contribution is 2.29. The third kappa shape index (κ3) is 5.66. The van der Waals surface area contributed by atoms with E-state index in [1.165, 1.54) is 37.7 Å². The van der Waals surface area contributed by atoms with Crippen molar-refractivity contribution in [2.24, 2.45) is 11.8 Å². The average molecular weight is 290 g/mol. The predicted molar refractivity (Wildman–Crippen MR) is 87.4 cm³/mol. The van der Waals surface area contributed by atoms with Gasteiger partial charge in [0.2, 0.25) is 5.88 Å². The average Bonchev–Trinajstić information content (AvgIpc) is 2.47. The summed E-state index contributed by atoms with van der Waals surface area (Å²) in [5, 5.41) is 3.46. The molecule has 0 aromatic carbocycles. The van der Waals surface area contributed by atoms with Gasteiger partial charge < -0.3 is 10.1 Å². The van der Waals surface area contributed by atoms with Crippen molar-refractivity contribution in [1.29, 1.82) is 0 Å². The van der Waals surface area contributed by atoms with E-state index in [2.05, 4.69) is 43.2 Å². The van der Waals surface area contributed by atoms with E-state index in [0.717, 1.165) is 24.9 Å². The number of ether oxygens (including phenoxy) is 1. The maximum atomic E-state index is 6.12. The number of hydrogen-bond donors (Lipinski definition) is 1. The van der Waals surface area contributed by atoms with E-state index in [0.29, 0.717) is 12.0 Å². The number of pyridine rings is 1. The minimum absolute atomic E-state index is 0.357. The fraction of sp³-hybridized carbons (Fsp3) is 0.722. The highest BCUT2D eigenvalue weighted by molar-refractivity contribution is 5.20. The first kappa shape index (κ1) is 16.3. The first-order chi connectivity index (χ1) is 10.2. The summed E-state index contributed by atoms with van der Waals surface area (Å²) in [6.07, 6.45) is 8.51. The summed E-state index contributed by atoms with van der Waals surface area (Å²) >= 11 is 0. The van der Waals surface area contributed by atoms with Crippen molar-refractivity contribution < 1.29 is 4.74 Å². The summed E-state index contributed by atoms with van der Waals surface area (Å²) in [4.78, 5) is 4.38. The quantitative estimate of drug-likeness (QED) is 0.818. The van der Waals surface area contributed by atoms with Gasteiger partial charge in [0.15, 0.2) is 0 Å². The van der Waals surface area contributed by atoms with Crippen LogP contribution >= 0.6 is 0 Å². The molecule has 1 heterocycles. The van der Waals surface area contributed by atoms with Gasteiger partial charge in [-0.05, 0) is 49.3 Å². The Balaban J connectivity index is 1.85. The van der Waals surface area contributed by atoms with Crippen molar-refractivity contribution in [3.63, 3.8) is 0 Å². The molecule has 1 saturated carbocycles. The van der Waals surface area contributed by atoms with Crippen molar-refractivity contribution in [3.05, 3.63) is 23.9 Å². The van der Waals surface area contributed by atoms with Gasteiger partial charge in [-0.3, -0.25) is 0 Å². The minimum atomic E-state index is 0.357. The lowest BCUT2D eigenvalue weighted by Gasteiger charge is -2.28. The standard InChI is InChI=1S/C18H30N2O/c1-4-15-6-5-7-17(10-15)21-18-11-16(8-9-20-18)13-19-12-14(2)3/h8-9,11,14-15,17,19H,4-7,10,12-13H2,1-3H3. The van der Waals surface area contributed by atoms with E-state index < -0.39 is 0 Å². The molecule has 1 aromatic rings. The molecule has 0 spiro atoms. The molecule has 118 valence electrons. The summed E-state index contributed by atoms with van der Waals surface area (Å²) < 4.78 is 6.12. The molecule has 0 bridgehead atoms. The highest BCUT2D eigenvalue weighted by atomic mass is 16.5. The molecule has 0 radical (unpaired) electrons. The zero-order chi connectivity index (χ0) is 15.1. The van der Waals surface area contributed by atoms with E-state index in [-0.39, 0.29) is 0 Å². The van der Waals surface area contributed by atoms with E-state index in [1.54, 1.807) is 0 Å². The van der Waals surface area contributed by atoms with Crippen LogP contribution in [0.15, 0.2) is 18.3 Å². The minimum Gasteiger partial charge on any atom is -0.474 e. The molecule has 3 heteroatoms. The van der Waals surface area contributed by atoms with Crippen LogP contribution in [0, 0.1) is 11.8 Å². The second-order valence-corrected chi connectivity index (χ2v) is 6.71. The van der Waals surface area contributed by atoms with Gasteiger partial charge in [-0.15, -0.1) is 0 Å². The lowest BCUT2D eigenvalue weighted by atomic mass is 9.85. The summed E-state index contributed by atoms with van der Waals surface area (Å²) in [5.74, 6) is 2.30. The normalized spacial score (nSPS) is 22.5. The zero-order valence-corrected chi connectivity index (χ0v) is 13.8. The molecule has 2 unspecified atom stereocenters. The fourth-order valence-electron chi connectivity index (χ4n) is 3.02. The van der Waals surface area contributed by atoms with Gasteiger partial charge in [0, 0.05) is 18.8 Å². The van der Waals surface area contributed by atoms with E-state index in [4.69, 9.17) is 4.74 Å². The van der Waals surface area contributed by atoms with Crippen LogP contribution in [0.4, 0.5) is 0 Å². The number of hydrogen-bond acceptors (Lipinski definition) is 3. The molecule has 0 amide bonds. The third-order valence-corrected chi connectivity index (χ3v) is 4.28. The Morgan fingerprint density at radius 1 is 1.38 bits per heavy atom. The molecule has 1 N–H and O–H groups in total. The van der Waals surface area contributed by atoms with Gasteiger partial charge in [-0.1, -0.05) is 33.6 Å². The van der Waals surface area contributed by atoms with E-state index in [9.17, 15) is 0 Å². The second kappa shape index (κ2) is 8.38. The molecule has 1 aliphatic carbocycles. The summed E-state index contributed by atoms with van der Waals surface area (Å²) in [5.41, 5.74) is 1.25. The molecule has 0 aliphatic heterocycles. The Labute approximate surface area is 129 Å². The Hall–Kier alpha value is -1.09. The first-order valence-electron chi connectivity index (χ1n) is 8.49. The van der Waals surface area contributed by atoms with Gasteiger partial charge in [0.25, 0.3) is 0 Å². The Morgan fingerprint density at radius 3 is 3.00 bits per heavy atom. The molecule has 21 heavy (non-hydrogen) atoms. The second-order valence-electron chi connectivity index (χ2n) is 6.71. The molecule has 1 fully saturated rings. The number of nitrogens with one attached hydrogen (secondary N) is 1. The smallest absolute Gasteiger partial charge is 0.213 e. The van der Waals surface area contributed by atoms with Gasteiger partial charge in [0.05, 0.1) is 0 Å². The lowest BCUT2D eigenvalue weighted by molar-refractivity contribution is 0.117. The summed E-state index contributed by atoms with van der Waals surface area (Å²) in [6, 6.07) is 4.15. The number of aromatic nitrogens is 1. The molecular weight excluding hydrogens is 260 g/mol. The Morgan fingerprint density at radius 2 is 2.24 bits per heavy atom. The third-order valence-electron chi connectivity index (χ3n) is 4.28. The molecule has 1 aliphatic rings. The van der Waals surface area contributed by atoms with Gasteiger partial charge in [-0.25, -0.2) is 4.98 Å². The van der Waals surface area contributed by atoms with Gasteiger partial charge in [-0.2, -0.15) is 0 Å². The van der Waals surface area contributed by atoms with Crippen molar-refractivity contribution in [2.45, 2.75) is 65.5 Å². The maximum absolute atomic E-state index is 6.12. The van der Waals surface area contributed by atoms with Gasteiger partial charge in [0.1, 0.15) is 6.10 Å². The van der Waals surface area contributed by atoms with Crippen LogP contribution in [0.25, 0.3) is 0 Å². The van der Waals surface area contributed by atoms with Gasteiger partial charge >= 0.3 is 0 Å². The highest BCUT2D eigenvalue weighted by Gasteiger charge is 2.22. The monoisotopic (exact) mass is 290 g/mol. The maximum Gasteiger partial charge on any atom is 0.213 e. The van der Waals surface area contributed by atoms with Crippen LogP contribution in [0.1, 0.15) is 58.4 Å². The van der Waals surface area contributed by atoms with Crippen molar-refractivity contribution in [2.75, 3.05) is 6.54 Å². The fourth-order valence-corrected chi connectivity index (χ4v) is 3.02. The van der Waals surface area contributed by atoms with Crippen molar-refractivity contribution in [1.82, 2.24) is 10.3 Å². The zero-order valence-electron chi connectivity index (χ0n) is 13.8. The van der Waals surface area contributed by atoms with Crippen LogP contribution in [0.3, 0.4) is 0 Å². The largest absolute Gasteiger partial charge is 0.474 e. The Kier molecular flexibility index (Phi) is 6.50. The number of nitrogens with zero attached hydrogens (tertiary/aromatic N) is 1. The predicted octanol–water partition coefficient (Wildman–Crippen LogP) is 4.17. The molecule has 0 saturated heterocycles. The first-order valence-corrected chi connectivity index (χ1v) is 8.49. The van der Waals surface area contributed by atoms with Crippen LogP contribution in [-0.4, -0.2) is 17.6 Å². The van der Waals surface area contributed by atoms with Crippen LogP contribution in [0.5, 0.6) is 5.88 Å². The molecule has 3 nitrogen and oxygen atoms in total. The van der Waals surface area contributed by atoms with Crippen molar-refractivity contribution >= 4 is 0 Å². The molecular formula is C18H30N2O. The van der Waals surface area contributed by atoms with Crippen LogP contribution < -0.4 is 10.1 Å². The van der Waals surface area contributed by atoms with E-state index >= 15 is 0 Å². The van der Waals surface area contributed by atoms with Crippen molar-refractivity contribution in [3.8, 4) is 5.88 Å². The summed E-state index contributed by atoms with van der Waals surface area (Å²) in [6.45, 7) is 8.66. The summed E-state index contributed by atoms with van der Waals surface area (Å²) in [7, 11) is 0. The SMILES string of the molecule is CCC1CCCC(Oc2cc(CNCC(C)C)ccn2)C1. The number of rotatable bonds is 7.